The third-order valence-electron chi connectivity index (χ3n) is 6.20. The second kappa shape index (κ2) is 12.0. The van der Waals surface area contributed by atoms with Crippen LogP contribution in [-0.4, -0.2) is 42.8 Å². The van der Waals surface area contributed by atoms with Crippen LogP contribution in [0.1, 0.15) is 29.7 Å². The molecule has 202 valence electrons. The molecular weight excluding hydrogens is 526 g/mol. The molecule has 0 aliphatic carbocycles. The number of hydrogen-bond donors (Lipinski definition) is 2. The quantitative estimate of drug-likeness (QED) is 0.323. The van der Waals surface area contributed by atoms with Crippen molar-refractivity contribution in [1.29, 1.82) is 0 Å². The summed E-state index contributed by atoms with van der Waals surface area (Å²) in [6, 6.07) is 17.0. The number of carbonyl (C=O) groups excluding carboxylic acids is 1. The summed E-state index contributed by atoms with van der Waals surface area (Å²) in [6.45, 7) is 1.02. The number of amides is 2. The number of nitrogens with one attached hydrogen (secondary N) is 2. The first-order valence-corrected chi connectivity index (χ1v) is 12.3. The highest BCUT2D eigenvalue weighted by molar-refractivity contribution is 6.30. The Morgan fingerprint density at radius 1 is 1.08 bits per heavy atom. The molecule has 2 N–H and O–H groups in total. The Hall–Kier alpha value is -3.37. The molecule has 2 heterocycles. The number of alkyl halides is 4. The van der Waals surface area contributed by atoms with E-state index in [1.807, 2.05) is 30.3 Å². The number of rotatable bonds is 9. The number of ether oxygens (including phenoxy) is 2. The SMILES string of the molecule is O=C(NC1CCOCC1)N[C@@](Cc1ccccc1)(c1cccc(OC(F)(F)C(F)F)c1)c1ccc(Cl)cn1. The number of carbonyl (C=O) groups is 1. The molecule has 1 aliphatic heterocycles. The monoisotopic (exact) mass is 551 g/mol. The number of benzene rings is 2. The van der Waals surface area contributed by atoms with Crippen molar-refractivity contribution >= 4 is 17.6 Å². The summed E-state index contributed by atoms with van der Waals surface area (Å²) in [5.41, 5.74) is 0.0205. The Kier molecular flexibility index (Phi) is 8.73. The summed E-state index contributed by atoms with van der Waals surface area (Å²) < 4.78 is 62.9. The lowest BCUT2D eigenvalue weighted by Gasteiger charge is -2.36. The van der Waals surface area contributed by atoms with Crippen LogP contribution < -0.4 is 15.4 Å². The minimum atomic E-state index is -4.70. The van der Waals surface area contributed by atoms with Gasteiger partial charge in [-0.2, -0.15) is 17.6 Å². The van der Waals surface area contributed by atoms with Gasteiger partial charge in [-0.3, -0.25) is 4.98 Å². The minimum absolute atomic E-state index is 0.129. The molecule has 4 rings (SSSR count). The van der Waals surface area contributed by atoms with Crippen LogP contribution in [0.15, 0.2) is 72.9 Å². The summed E-state index contributed by atoms with van der Waals surface area (Å²) in [6.07, 6.45) is -5.92. The predicted molar refractivity (Wildman–Crippen MR) is 134 cm³/mol. The summed E-state index contributed by atoms with van der Waals surface area (Å²) in [5.74, 6) is -0.495. The first-order chi connectivity index (χ1) is 18.2. The van der Waals surface area contributed by atoms with E-state index in [9.17, 15) is 22.4 Å². The normalized spacial score (nSPS) is 16.1. The van der Waals surface area contributed by atoms with Gasteiger partial charge in [-0.25, -0.2) is 4.79 Å². The van der Waals surface area contributed by atoms with Gasteiger partial charge >= 0.3 is 18.6 Å². The van der Waals surface area contributed by atoms with Crippen LogP contribution in [0.4, 0.5) is 22.4 Å². The van der Waals surface area contributed by atoms with Gasteiger partial charge in [0.25, 0.3) is 0 Å². The Morgan fingerprint density at radius 3 is 2.47 bits per heavy atom. The lowest BCUT2D eigenvalue weighted by atomic mass is 9.80. The fourth-order valence-corrected chi connectivity index (χ4v) is 4.45. The van der Waals surface area contributed by atoms with Crippen LogP contribution in [0.2, 0.25) is 5.02 Å². The second-order valence-electron chi connectivity index (χ2n) is 8.91. The van der Waals surface area contributed by atoms with E-state index in [-0.39, 0.29) is 12.5 Å². The molecule has 0 saturated carbocycles. The molecule has 11 heteroatoms. The highest BCUT2D eigenvalue weighted by Gasteiger charge is 2.44. The van der Waals surface area contributed by atoms with Crippen molar-refractivity contribution in [2.45, 2.75) is 43.4 Å². The van der Waals surface area contributed by atoms with Gasteiger partial charge in [0, 0.05) is 31.9 Å². The number of hydrogen-bond acceptors (Lipinski definition) is 4. The van der Waals surface area contributed by atoms with Crippen LogP contribution in [0.25, 0.3) is 0 Å². The molecule has 0 unspecified atom stereocenters. The smallest absolute Gasteiger partial charge is 0.428 e. The maximum atomic E-state index is 13.8. The van der Waals surface area contributed by atoms with Gasteiger partial charge in [0.2, 0.25) is 0 Å². The van der Waals surface area contributed by atoms with E-state index in [0.29, 0.717) is 42.3 Å². The Morgan fingerprint density at radius 2 is 1.82 bits per heavy atom. The largest absolute Gasteiger partial charge is 0.461 e. The van der Waals surface area contributed by atoms with Gasteiger partial charge < -0.3 is 20.1 Å². The van der Waals surface area contributed by atoms with Gasteiger partial charge in [0.15, 0.2) is 0 Å². The number of urea groups is 1. The van der Waals surface area contributed by atoms with E-state index in [4.69, 9.17) is 16.3 Å². The lowest BCUT2D eigenvalue weighted by molar-refractivity contribution is -0.253. The Balaban J connectivity index is 1.80. The van der Waals surface area contributed by atoms with E-state index in [0.717, 1.165) is 11.6 Å². The maximum Gasteiger partial charge on any atom is 0.461 e. The molecule has 1 atom stereocenters. The number of halogens is 5. The molecule has 0 bridgehead atoms. The molecule has 1 aliphatic rings. The van der Waals surface area contributed by atoms with Gasteiger partial charge in [0.05, 0.1) is 10.7 Å². The fraction of sp³-hybridized carbons (Fsp3) is 0.333. The highest BCUT2D eigenvalue weighted by atomic mass is 35.5. The third-order valence-corrected chi connectivity index (χ3v) is 6.42. The van der Waals surface area contributed by atoms with Gasteiger partial charge in [-0.15, -0.1) is 0 Å². The van der Waals surface area contributed by atoms with E-state index < -0.39 is 29.9 Å². The van der Waals surface area contributed by atoms with Crippen LogP contribution >= 0.6 is 11.6 Å². The van der Waals surface area contributed by atoms with Gasteiger partial charge in [-0.05, 0) is 48.2 Å². The van der Waals surface area contributed by atoms with E-state index in [2.05, 4.69) is 20.4 Å². The molecular formula is C27H26ClF4N3O3. The van der Waals surface area contributed by atoms with Crippen molar-refractivity contribution in [3.63, 3.8) is 0 Å². The summed E-state index contributed by atoms with van der Waals surface area (Å²) in [5, 5.41) is 6.30. The lowest BCUT2D eigenvalue weighted by Crippen LogP contribution is -2.55. The van der Waals surface area contributed by atoms with Crippen LogP contribution in [0.5, 0.6) is 5.75 Å². The minimum Gasteiger partial charge on any atom is -0.428 e. The molecule has 1 saturated heterocycles. The van der Waals surface area contributed by atoms with Crippen LogP contribution in [-0.2, 0) is 16.7 Å². The number of aromatic nitrogens is 1. The molecule has 1 aromatic heterocycles. The molecule has 3 aromatic rings. The molecule has 0 radical (unpaired) electrons. The first-order valence-electron chi connectivity index (χ1n) is 12.0. The average Bonchev–Trinajstić information content (AvgIpc) is 2.89. The Labute approximate surface area is 222 Å². The predicted octanol–water partition coefficient (Wildman–Crippen LogP) is 5.94. The molecule has 6 nitrogen and oxygen atoms in total. The van der Waals surface area contributed by atoms with E-state index in [1.54, 1.807) is 18.2 Å². The zero-order valence-electron chi connectivity index (χ0n) is 20.2. The molecule has 0 spiro atoms. The van der Waals surface area contributed by atoms with Crippen molar-refractivity contribution in [3.05, 3.63) is 94.8 Å². The van der Waals surface area contributed by atoms with Crippen molar-refractivity contribution in [1.82, 2.24) is 15.6 Å². The second-order valence-corrected chi connectivity index (χ2v) is 9.34. The van der Waals surface area contributed by atoms with Gasteiger partial charge in [0.1, 0.15) is 11.3 Å². The maximum absolute atomic E-state index is 13.8. The van der Waals surface area contributed by atoms with E-state index in [1.165, 1.54) is 18.3 Å². The molecule has 2 aromatic carbocycles. The first kappa shape index (κ1) is 27.7. The van der Waals surface area contributed by atoms with Crippen molar-refractivity contribution < 1.29 is 31.8 Å². The standard InChI is InChI=1S/C27H26ClF4N3O3/c28-20-9-10-23(33-17-20)26(16-18-5-2-1-3-6-18,35-25(36)34-21-11-13-37-14-12-21)19-7-4-8-22(15-19)38-27(31,32)24(29)30/h1-10,15,17,21,24H,11-14,16H2,(H2,34,35,36)/t26-/m0/s1. The zero-order chi connectivity index (χ0) is 27.2. The highest BCUT2D eigenvalue weighted by Crippen LogP contribution is 2.36. The zero-order valence-corrected chi connectivity index (χ0v) is 20.9. The average molecular weight is 552 g/mol. The molecule has 1 fully saturated rings. The topological polar surface area (TPSA) is 72.5 Å². The van der Waals surface area contributed by atoms with Crippen LogP contribution in [0.3, 0.4) is 0 Å². The number of pyridine rings is 1. The molecule has 2 amide bonds. The Bertz CT molecular complexity index is 1210. The summed E-state index contributed by atoms with van der Waals surface area (Å²) in [4.78, 5) is 17.8. The van der Waals surface area contributed by atoms with Crippen molar-refractivity contribution in [3.8, 4) is 5.75 Å². The number of nitrogens with zero attached hydrogens (tertiary/aromatic N) is 1. The van der Waals surface area contributed by atoms with Gasteiger partial charge in [-0.1, -0.05) is 54.1 Å². The fourth-order valence-electron chi connectivity index (χ4n) is 4.34. The van der Waals surface area contributed by atoms with Crippen LogP contribution in [0, 0.1) is 0 Å². The van der Waals surface area contributed by atoms with Crippen molar-refractivity contribution in [2.24, 2.45) is 0 Å². The molecule has 38 heavy (non-hydrogen) atoms. The van der Waals surface area contributed by atoms with Crippen molar-refractivity contribution in [2.75, 3.05) is 13.2 Å². The summed E-state index contributed by atoms with van der Waals surface area (Å²) >= 11 is 6.08. The van der Waals surface area contributed by atoms with E-state index >= 15 is 0 Å². The summed E-state index contributed by atoms with van der Waals surface area (Å²) in [7, 11) is 0. The third kappa shape index (κ3) is 6.73.